The lowest BCUT2D eigenvalue weighted by Crippen LogP contribution is -2.35. The lowest BCUT2D eigenvalue weighted by Gasteiger charge is -2.26. The summed E-state index contributed by atoms with van der Waals surface area (Å²) in [6, 6.07) is 4.90. The molecule has 0 aromatic heterocycles. The molecule has 1 N–H and O–H groups in total. The Hall–Kier alpha value is -0.780. The molecule has 6 heteroatoms. The van der Waals surface area contributed by atoms with Crippen LogP contribution in [0.15, 0.2) is 18.2 Å². The molecule has 20 heavy (non-hydrogen) atoms. The molecular formula is C14H22ClNO3S. The van der Waals surface area contributed by atoms with Crippen LogP contribution in [0.3, 0.4) is 0 Å². The van der Waals surface area contributed by atoms with Crippen LogP contribution in [0.5, 0.6) is 5.75 Å². The van der Waals surface area contributed by atoms with Gasteiger partial charge in [0.25, 0.3) is 0 Å². The third kappa shape index (κ3) is 4.36. The van der Waals surface area contributed by atoms with Crippen LogP contribution in [-0.4, -0.2) is 33.6 Å². The second kappa shape index (κ2) is 7.29. The van der Waals surface area contributed by atoms with E-state index in [1.807, 2.05) is 6.92 Å². The van der Waals surface area contributed by atoms with Gasteiger partial charge < -0.3 is 10.1 Å². The second-order valence-corrected chi connectivity index (χ2v) is 7.69. The maximum absolute atomic E-state index is 11.9. The van der Waals surface area contributed by atoms with Crippen molar-refractivity contribution in [2.75, 3.05) is 19.9 Å². The molecule has 2 unspecified atom stereocenters. The Morgan fingerprint density at radius 3 is 2.55 bits per heavy atom. The molecule has 0 heterocycles. The molecule has 1 aromatic carbocycles. The fourth-order valence-electron chi connectivity index (χ4n) is 2.02. The van der Waals surface area contributed by atoms with Crippen molar-refractivity contribution < 1.29 is 13.2 Å². The second-order valence-electron chi connectivity index (χ2n) is 4.85. The Bertz CT molecular complexity index is 545. The van der Waals surface area contributed by atoms with Gasteiger partial charge in [-0.05, 0) is 38.1 Å². The molecule has 0 spiro atoms. The first-order valence-corrected chi connectivity index (χ1v) is 8.90. The van der Waals surface area contributed by atoms with Crippen LogP contribution in [0.25, 0.3) is 0 Å². The van der Waals surface area contributed by atoms with Gasteiger partial charge in [0.1, 0.15) is 5.75 Å². The van der Waals surface area contributed by atoms with Crippen molar-refractivity contribution in [3.8, 4) is 5.75 Å². The highest BCUT2D eigenvalue weighted by atomic mass is 35.5. The van der Waals surface area contributed by atoms with Crippen LogP contribution >= 0.6 is 11.6 Å². The summed E-state index contributed by atoms with van der Waals surface area (Å²) in [6.45, 7) is 4.45. The molecule has 0 aliphatic heterocycles. The molecule has 0 aliphatic rings. The van der Waals surface area contributed by atoms with Crippen molar-refractivity contribution in [1.29, 1.82) is 0 Å². The summed E-state index contributed by atoms with van der Waals surface area (Å²) in [5, 5.41) is 3.27. The minimum atomic E-state index is -3.18. The van der Waals surface area contributed by atoms with E-state index in [4.69, 9.17) is 16.3 Å². The summed E-state index contributed by atoms with van der Waals surface area (Å²) in [4.78, 5) is 0. The van der Waals surface area contributed by atoms with Crippen LogP contribution in [0, 0.1) is 0 Å². The number of hydrogen-bond acceptors (Lipinski definition) is 4. The predicted octanol–water partition coefficient (Wildman–Crippen LogP) is 2.82. The molecule has 2 atom stereocenters. The van der Waals surface area contributed by atoms with Gasteiger partial charge in [0, 0.05) is 16.8 Å². The standard InChI is InChI=1S/C14H22ClNO3S/c1-5-8-16-14(10(2)20(4,17)18)12-9-11(15)6-7-13(12)19-3/h6-7,9-10,14,16H,5,8H2,1-4H3. The SMILES string of the molecule is CCCNC(c1cc(Cl)ccc1OC)C(C)S(C)(=O)=O. The molecule has 0 saturated heterocycles. The molecule has 0 bridgehead atoms. The minimum Gasteiger partial charge on any atom is -0.496 e. The minimum absolute atomic E-state index is 0.349. The van der Waals surface area contributed by atoms with Crippen molar-refractivity contribution >= 4 is 21.4 Å². The lowest BCUT2D eigenvalue weighted by atomic mass is 10.0. The number of hydrogen-bond donors (Lipinski definition) is 1. The van der Waals surface area contributed by atoms with Gasteiger partial charge in [0.2, 0.25) is 0 Å². The fraction of sp³-hybridized carbons (Fsp3) is 0.571. The third-order valence-corrected chi connectivity index (χ3v) is 5.14. The number of benzene rings is 1. The van der Waals surface area contributed by atoms with E-state index < -0.39 is 15.1 Å². The van der Waals surface area contributed by atoms with Crippen molar-refractivity contribution in [3.63, 3.8) is 0 Å². The molecule has 114 valence electrons. The van der Waals surface area contributed by atoms with Crippen LogP contribution in [0.1, 0.15) is 31.9 Å². The molecule has 0 amide bonds. The van der Waals surface area contributed by atoms with Gasteiger partial charge in [0.15, 0.2) is 9.84 Å². The molecule has 1 aromatic rings. The maximum Gasteiger partial charge on any atom is 0.151 e. The van der Waals surface area contributed by atoms with E-state index in [-0.39, 0.29) is 6.04 Å². The Labute approximate surface area is 126 Å². The van der Waals surface area contributed by atoms with E-state index in [2.05, 4.69) is 5.32 Å². The Balaban J connectivity index is 3.26. The highest BCUT2D eigenvalue weighted by Gasteiger charge is 2.29. The Morgan fingerprint density at radius 1 is 1.40 bits per heavy atom. The number of sulfone groups is 1. The number of ether oxygens (including phenoxy) is 1. The normalized spacial score (nSPS) is 14.8. The van der Waals surface area contributed by atoms with E-state index >= 15 is 0 Å². The van der Waals surface area contributed by atoms with Crippen LogP contribution in [-0.2, 0) is 9.84 Å². The van der Waals surface area contributed by atoms with Crippen LogP contribution in [0.4, 0.5) is 0 Å². The van der Waals surface area contributed by atoms with Gasteiger partial charge in [-0.2, -0.15) is 0 Å². The summed E-state index contributed by atoms with van der Waals surface area (Å²) in [7, 11) is -1.62. The van der Waals surface area contributed by atoms with E-state index in [9.17, 15) is 8.42 Å². The summed E-state index contributed by atoms with van der Waals surface area (Å²) < 4.78 is 29.1. The summed E-state index contributed by atoms with van der Waals surface area (Å²) in [5.74, 6) is 0.638. The fourth-order valence-corrected chi connectivity index (χ4v) is 2.94. The van der Waals surface area contributed by atoms with Crippen molar-refractivity contribution in [2.24, 2.45) is 0 Å². The summed E-state index contributed by atoms with van der Waals surface area (Å²) in [5.41, 5.74) is 0.770. The smallest absolute Gasteiger partial charge is 0.151 e. The highest BCUT2D eigenvalue weighted by Crippen LogP contribution is 2.32. The summed E-state index contributed by atoms with van der Waals surface area (Å²) >= 11 is 6.04. The monoisotopic (exact) mass is 319 g/mol. The third-order valence-electron chi connectivity index (χ3n) is 3.29. The Morgan fingerprint density at radius 2 is 2.05 bits per heavy atom. The number of rotatable bonds is 7. The highest BCUT2D eigenvalue weighted by molar-refractivity contribution is 7.91. The lowest BCUT2D eigenvalue weighted by molar-refractivity contribution is 0.396. The molecule has 4 nitrogen and oxygen atoms in total. The molecule has 0 fully saturated rings. The maximum atomic E-state index is 11.9. The average molecular weight is 320 g/mol. The van der Waals surface area contributed by atoms with Crippen LogP contribution in [0.2, 0.25) is 5.02 Å². The van der Waals surface area contributed by atoms with Crippen molar-refractivity contribution in [3.05, 3.63) is 28.8 Å². The topological polar surface area (TPSA) is 55.4 Å². The van der Waals surface area contributed by atoms with Gasteiger partial charge in [-0.25, -0.2) is 8.42 Å². The molecule has 0 aliphatic carbocycles. The summed E-state index contributed by atoms with van der Waals surface area (Å²) in [6.07, 6.45) is 2.16. The Kier molecular flexibility index (Phi) is 6.30. The van der Waals surface area contributed by atoms with Gasteiger partial charge in [-0.15, -0.1) is 0 Å². The zero-order valence-electron chi connectivity index (χ0n) is 12.3. The van der Waals surface area contributed by atoms with Gasteiger partial charge in [-0.1, -0.05) is 18.5 Å². The number of nitrogens with one attached hydrogen (secondary N) is 1. The molecular weight excluding hydrogens is 298 g/mol. The average Bonchev–Trinajstić information content (AvgIpc) is 2.38. The predicted molar refractivity (Wildman–Crippen MR) is 83.3 cm³/mol. The van der Waals surface area contributed by atoms with Gasteiger partial charge in [-0.3, -0.25) is 0 Å². The van der Waals surface area contributed by atoms with Gasteiger partial charge in [0.05, 0.1) is 18.4 Å². The van der Waals surface area contributed by atoms with Crippen molar-refractivity contribution in [1.82, 2.24) is 5.32 Å². The molecule has 1 rings (SSSR count). The van der Waals surface area contributed by atoms with Crippen molar-refractivity contribution in [2.45, 2.75) is 31.6 Å². The first kappa shape index (κ1) is 17.3. The first-order valence-electron chi connectivity index (χ1n) is 6.57. The van der Waals surface area contributed by atoms with Crippen LogP contribution < -0.4 is 10.1 Å². The quantitative estimate of drug-likeness (QED) is 0.839. The van der Waals surface area contributed by atoms with E-state index in [1.165, 1.54) is 6.26 Å². The van der Waals surface area contributed by atoms with E-state index in [1.54, 1.807) is 32.2 Å². The zero-order valence-corrected chi connectivity index (χ0v) is 13.9. The van der Waals surface area contributed by atoms with E-state index in [0.29, 0.717) is 10.8 Å². The number of methoxy groups -OCH3 is 1. The largest absolute Gasteiger partial charge is 0.496 e. The van der Waals surface area contributed by atoms with Gasteiger partial charge >= 0.3 is 0 Å². The van der Waals surface area contributed by atoms with E-state index in [0.717, 1.165) is 18.5 Å². The zero-order chi connectivity index (χ0) is 15.3. The number of halogens is 1. The molecule has 0 radical (unpaired) electrons. The first-order chi connectivity index (χ1) is 9.31. The molecule has 0 saturated carbocycles.